The number of ether oxygens (including phenoxy) is 1. The second-order valence-corrected chi connectivity index (χ2v) is 9.04. The van der Waals surface area contributed by atoms with Crippen molar-refractivity contribution in [2.24, 2.45) is 5.41 Å². The Labute approximate surface area is 187 Å². The number of hydrogen-bond acceptors (Lipinski definition) is 5. The van der Waals surface area contributed by atoms with E-state index in [0.29, 0.717) is 38.5 Å². The van der Waals surface area contributed by atoms with Gasteiger partial charge in [0.05, 0.1) is 25.5 Å². The first-order chi connectivity index (χ1) is 15.6. The van der Waals surface area contributed by atoms with E-state index in [4.69, 9.17) is 4.74 Å². The zero-order chi connectivity index (χ0) is 22.0. The predicted octanol–water partition coefficient (Wildman–Crippen LogP) is 2.08. The maximum Gasteiger partial charge on any atom is 0.317 e. The van der Waals surface area contributed by atoms with Crippen LogP contribution in [-0.4, -0.2) is 76.1 Å². The van der Waals surface area contributed by atoms with Gasteiger partial charge in [0.2, 0.25) is 0 Å². The average molecular weight is 439 g/mol. The van der Waals surface area contributed by atoms with Gasteiger partial charge in [-0.1, -0.05) is 35.5 Å². The average Bonchev–Trinajstić information content (AvgIpc) is 3.31. The number of aromatic nitrogens is 3. The molecule has 2 aliphatic heterocycles. The van der Waals surface area contributed by atoms with Gasteiger partial charge < -0.3 is 19.9 Å². The van der Waals surface area contributed by atoms with Gasteiger partial charge >= 0.3 is 6.03 Å². The van der Waals surface area contributed by atoms with E-state index in [1.54, 1.807) is 4.90 Å². The van der Waals surface area contributed by atoms with Gasteiger partial charge in [-0.05, 0) is 36.7 Å². The predicted molar refractivity (Wildman–Crippen MR) is 117 cm³/mol. The first kappa shape index (κ1) is 20.9. The third kappa shape index (κ3) is 4.09. The molecule has 0 bridgehead atoms. The molecular weight excluding hydrogens is 408 g/mol. The minimum absolute atomic E-state index is 0.00118. The van der Waals surface area contributed by atoms with E-state index in [1.807, 2.05) is 46.1 Å². The zero-order valence-electron chi connectivity index (χ0n) is 18.3. The molecule has 1 spiro atoms. The summed E-state index contributed by atoms with van der Waals surface area (Å²) in [5.41, 5.74) is 1.65. The smallest absolute Gasteiger partial charge is 0.317 e. The summed E-state index contributed by atoms with van der Waals surface area (Å²) in [6.07, 6.45) is 5.87. The highest BCUT2D eigenvalue weighted by Gasteiger charge is 2.50. The van der Waals surface area contributed by atoms with Crippen molar-refractivity contribution >= 4 is 11.9 Å². The molecular formula is C23H30N6O3. The van der Waals surface area contributed by atoms with Crippen LogP contribution in [0.3, 0.4) is 0 Å². The lowest BCUT2D eigenvalue weighted by atomic mass is 9.59. The molecule has 1 aliphatic carbocycles. The Hall–Kier alpha value is -2.94. The van der Waals surface area contributed by atoms with Crippen molar-refractivity contribution in [3.05, 3.63) is 47.8 Å². The van der Waals surface area contributed by atoms with Crippen molar-refractivity contribution in [3.63, 3.8) is 0 Å². The van der Waals surface area contributed by atoms with Gasteiger partial charge in [0, 0.05) is 32.7 Å². The van der Waals surface area contributed by atoms with Crippen LogP contribution in [-0.2, 0) is 11.3 Å². The Kier molecular flexibility index (Phi) is 5.82. The number of carbonyl (C=O) groups is 2. The number of amides is 3. The topological polar surface area (TPSA) is 92.6 Å². The molecule has 32 heavy (non-hydrogen) atoms. The molecule has 3 heterocycles. The molecule has 2 saturated heterocycles. The van der Waals surface area contributed by atoms with Gasteiger partial charge in [-0.15, -0.1) is 5.10 Å². The van der Waals surface area contributed by atoms with Gasteiger partial charge in [-0.2, -0.15) is 0 Å². The first-order valence-electron chi connectivity index (χ1n) is 11.5. The molecule has 170 valence electrons. The van der Waals surface area contributed by atoms with Gasteiger partial charge in [-0.25, -0.2) is 9.48 Å². The minimum Gasteiger partial charge on any atom is -0.378 e. The number of urea groups is 1. The largest absolute Gasteiger partial charge is 0.378 e. The van der Waals surface area contributed by atoms with E-state index in [-0.39, 0.29) is 23.4 Å². The molecule has 3 aliphatic rings. The number of morpholine rings is 1. The van der Waals surface area contributed by atoms with Crippen LogP contribution >= 0.6 is 0 Å². The van der Waals surface area contributed by atoms with Crippen LogP contribution in [0, 0.1) is 5.41 Å². The summed E-state index contributed by atoms with van der Waals surface area (Å²) in [6, 6.07) is 10.2. The number of carbonyl (C=O) groups excluding carboxylic acids is 2. The van der Waals surface area contributed by atoms with E-state index in [2.05, 4.69) is 15.6 Å². The molecule has 1 aromatic carbocycles. The number of rotatable bonds is 4. The lowest BCUT2D eigenvalue weighted by molar-refractivity contribution is -0.0229. The third-order valence-corrected chi connectivity index (χ3v) is 7.30. The minimum atomic E-state index is -0.0715. The standard InChI is InChI=1S/C23H30N6O3/c30-21(27-12-14-32-15-13-27)19-17-29(26-25-19)20-6-7-23(20)8-10-28(11-9-23)22(31)24-16-18-4-2-1-3-5-18/h1-5,17,20H,6-16H2,(H,24,31). The monoisotopic (exact) mass is 438 g/mol. The van der Waals surface area contributed by atoms with Gasteiger partial charge in [0.25, 0.3) is 5.91 Å². The van der Waals surface area contributed by atoms with Crippen LogP contribution in [0.2, 0.25) is 0 Å². The highest BCUT2D eigenvalue weighted by molar-refractivity contribution is 5.92. The first-order valence-corrected chi connectivity index (χ1v) is 11.5. The van der Waals surface area contributed by atoms with E-state index in [9.17, 15) is 9.59 Å². The maximum absolute atomic E-state index is 12.7. The Balaban J connectivity index is 1.16. The van der Waals surface area contributed by atoms with Crippen molar-refractivity contribution in [2.45, 2.75) is 38.3 Å². The summed E-state index contributed by atoms with van der Waals surface area (Å²) in [7, 11) is 0. The molecule has 3 fully saturated rings. The fourth-order valence-corrected chi connectivity index (χ4v) is 5.17. The highest BCUT2D eigenvalue weighted by Crippen LogP contribution is 2.56. The summed E-state index contributed by atoms with van der Waals surface area (Å²) in [4.78, 5) is 29.0. The third-order valence-electron chi connectivity index (χ3n) is 7.30. The molecule has 0 radical (unpaired) electrons. The number of likely N-dealkylation sites (tertiary alicyclic amines) is 1. The summed E-state index contributed by atoms with van der Waals surface area (Å²) in [6.45, 7) is 4.37. The maximum atomic E-state index is 12.7. The number of nitrogens with zero attached hydrogens (tertiary/aromatic N) is 5. The van der Waals surface area contributed by atoms with Crippen molar-refractivity contribution in [3.8, 4) is 0 Å². The molecule has 3 amide bonds. The van der Waals surface area contributed by atoms with Crippen LogP contribution in [0.5, 0.6) is 0 Å². The van der Waals surface area contributed by atoms with E-state index in [1.165, 1.54) is 0 Å². The Morgan fingerprint density at radius 1 is 1.03 bits per heavy atom. The van der Waals surface area contributed by atoms with Crippen LogP contribution in [0.4, 0.5) is 4.79 Å². The normalized spacial score (nSPS) is 22.4. The lowest BCUT2D eigenvalue weighted by Gasteiger charge is -2.53. The SMILES string of the molecule is O=C(NCc1ccccc1)N1CCC2(CCC2n2cc(C(=O)N3CCOCC3)nn2)CC1. The van der Waals surface area contributed by atoms with E-state index < -0.39 is 0 Å². The highest BCUT2D eigenvalue weighted by atomic mass is 16.5. The number of benzene rings is 1. The van der Waals surface area contributed by atoms with Gasteiger partial charge in [-0.3, -0.25) is 4.79 Å². The molecule has 9 heteroatoms. The van der Waals surface area contributed by atoms with Crippen molar-refractivity contribution in [1.82, 2.24) is 30.1 Å². The van der Waals surface area contributed by atoms with Crippen molar-refractivity contribution in [1.29, 1.82) is 0 Å². The molecule has 1 N–H and O–H groups in total. The molecule has 1 aromatic heterocycles. The Morgan fingerprint density at radius 3 is 2.47 bits per heavy atom. The van der Waals surface area contributed by atoms with Crippen LogP contribution in [0.25, 0.3) is 0 Å². The Bertz CT molecular complexity index is 948. The second kappa shape index (κ2) is 8.90. The molecule has 5 rings (SSSR count). The molecule has 9 nitrogen and oxygen atoms in total. The molecule has 2 aromatic rings. The molecule has 1 saturated carbocycles. The molecule has 1 unspecified atom stereocenters. The van der Waals surface area contributed by atoms with Crippen LogP contribution in [0.15, 0.2) is 36.5 Å². The fraction of sp³-hybridized carbons (Fsp3) is 0.565. The summed E-state index contributed by atoms with van der Waals surface area (Å²) in [5.74, 6) is -0.0715. The summed E-state index contributed by atoms with van der Waals surface area (Å²) < 4.78 is 7.22. The zero-order valence-corrected chi connectivity index (χ0v) is 18.3. The van der Waals surface area contributed by atoms with Gasteiger partial charge in [0.1, 0.15) is 0 Å². The second-order valence-electron chi connectivity index (χ2n) is 9.04. The van der Waals surface area contributed by atoms with Crippen LogP contribution in [0.1, 0.15) is 47.8 Å². The quantitative estimate of drug-likeness (QED) is 0.789. The van der Waals surface area contributed by atoms with Gasteiger partial charge in [0.15, 0.2) is 5.69 Å². The summed E-state index contributed by atoms with van der Waals surface area (Å²) in [5, 5.41) is 11.5. The lowest BCUT2D eigenvalue weighted by Crippen LogP contribution is -2.53. The van der Waals surface area contributed by atoms with E-state index in [0.717, 1.165) is 44.3 Å². The Morgan fingerprint density at radius 2 is 1.78 bits per heavy atom. The number of hydrogen-bond donors (Lipinski definition) is 1. The van der Waals surface area contributed by atoms with Crippen molar-refractivity contribution < 1.29 is 14.3 Å². The number of piperidine rings is 1. The van der Waals surface area contributed by atoms with Crippen LogP contribution < -0.4 is 5.32 Å². The number of nitrogens with one attached hydrogen (secondary N) is 1. The fourth-order valence-electron chi connectivity index (χ4n) is 5.17. The molecule has 1 atom stereocenters. The van der Waals surface area contributed by atoms with E-state index >= 15 is 0 Å². The summed E-state index contributed by atoms with van der Waals surface area (Å²) >= 11 is 0. The van der Waals surface area contributed by atoms with Crippen molar-refractivity contribution in [2.75, 3.05) is 39.4 Å².